The monoisotopic (exact) mass is 219 g/mol. The number of carbonyl (C=O) groups excluding carboxylic acids is 1. The van der Waals surface area contributed by atoms with Crippen molar-refractivity contribution in [3.8, 4) is 0 Å². The number of fused-ring (bicyclic) bond motifs is 1. The van der Waals surface area contributed by atoms with E-state index >= 15 is 0 Å². The maximum atomic E-state index is 11.0. The maximum Gasteiger partial charge on any atom is 0.171 e. The van der Waals surface area contributed by atoms with E-state index in [1.54, 1.807) is 4.68 Å². The minimum atomic E-state index is -0.0457. The lowest BCUT2D eigenvalue weighted by molar-refractivity contribution is 0.111. The van der Waals surface area contributed by atoms with Crippen molar-refractivity contribution in [2.75, 3.05) is 6.54 Å². The summed E-state index contributed by atoms with van der Waals surface area (Å²) in [5, 5.41) is 4.24. The molecule has 0 spiro atoms. The fourth-order valence-corrected chi connectivity index (χ4v) is 2.17. The molecule has 4 heteroatoms. The molecule has 1 aliphatic rings. The molecule has 0 aliphatic carbocycles. The largest absolute Gasteiger partial charge is 0.296 e. The molecule has 2 rings (SSSR count). The zero-order valence-corrected chi connectivity index (χ0v) is 10.2. The highest BCUT2D eigenvalue weighted by Gasteiger charge is 2.30. The summed E-state index contributed by atoms with van der Waals surface area (Å²) in [6.45, 7) is 7.13. The fourth-order valence-electron chi connectivity index (χ4n) is 2.17. The average molecular weight is 219 g/mol. The van der Waals surface area contributed by atoms with E-state index in [9.17, 15) is 4.79 Å². The predicted octanol–water partition coefficient (Wildman–Crippen LogP) is 1.62. The van der Waals surface area contributed by atoms with Crippen molar-refractivity contribution < 1.29 is 4.79 Å². The molecule has 0 saturated heterocycles. The topological polar surface area (TPSA) is 47.2 Å². The van der Waals surface area contributed by atoms with Crippen LogP contribution in [0.4, 0.5) is 0 Å². The maximum absolute atomic E-state index is 11.0. The summed E-state index contributed by atoms with van der Waals surface area (Å²) >= 11 is 0. The molecule has 0 amide bonds. The first-order valence-electron chi connectivity index (χ1n) is 5.51. The molecule has 2 heterocycles. The quantitative estimate of drug-likeness (QED) is 0.674. The van der Waals surface area contributed by atoms with Crippen molar-refractivity contribution in [2.45, 2.75) is 27.2 Å². The second kappa shape index (κ2) is 3.54. The normalized spacial score (nSPS) is 15.6. The zero-order chi connectivity index (χ0) is 11.9. The number of hydrogen-bond donors (Lipinski definition) is 0. The van der Waals surface area contributed by atoms with E-state index < -0.39 is 0 Å². The molecule has 1 aromatic rings. The number of rotatable bonds is 1. The van der Waals surface area contributed by atoms with E-state index in [4.69, 9.17) is 0 Å². The average Bonchev–Trinajstić information content (AvgIpc) is 2.54. The van der Waals surface area contributed by atoms with Crippen LogP contribution in [0.3, 0.4) is 0 Å². The third kappa shape index (κ3) is 1.58. The summed E-state index contributed by atoms with van der Waals surface area (Å²) in [5.74, 6) is 0. The molecule has 0 fully saturated rings. The number of carbonyl (C=O) groups is 1. The van der Waals surface area contributed by atoms with Crippen molar-refractivity contribution in [3.63, 3.8) is 0 Å². The standard InChI is InChI=1S/C12H17N3O/c1-12(2,3)11-10-8(7-16)14-15(4)9(10)5-6-13-11/h7H,5-6H2,1-4H3. The number of aromatic nitrogens is 2. The molecule has 0 bridgehead atoms. The molecule has 16 heavy (non-hydrogen) atoms. The molecule has 1 aromatic heterocycles. The summed E-state index contributed by atoms with van der Waals surface area (Å²) in [7, 11) is 1.89. The molecule has 0 saturated carbocycles. The summed E-state index contributed by atoms with van der Waals surface area (Å²) < 4.78 is 1.81. The van der Waals surface area contributed by atoms with Crippen LogP contribution in [-0.4, -0.2) is 28.3 Å². The Morgan fingerprint density at radius 2 is 2.06 bits per heavy atom. The van der Waals surface area contributed by atoms with Gasteiger partial charge in [0, 0.05) is 36.7 Å². The summed E-state index contributed by atoms with van der Waals surface area (Å²) in [6, 6.07) is 0. The van der Waals surface area contributed by atoms with Gasteiger partial charge in [0.05, 0.1) is 5.71 Å². The van der Waals surface area contributed by atoms with E-state index in [1.807, 2.05) is 7.05 Å². The van der Waals surface area contributed by atoms with Crippen LogP contribution in [0.1, 0.15) is 42.5 Å². The first-order valence-corrected chi connectivity index (χ1v) is 5.51. The Labute approximate surface area is 95.4 Å². The first-order chi connectivity index (χ1) is 7.45. The van der Waals surface area contributed by atoms with Gasteiger partial charge in [-0.3, -0.25) is 14.5 Å². The van der Waals surface area contributed by atoms with Crippen LogP contribution in [-0.2, 0) is 13.5 Å². The Kier molecular flexibility index (Phi) is 2.45. The molecular formula is C12H17N3O. The Morgan fingerprint density at radius 3 is 2.62 bits per heavy atom. The zero-order valence-electron chi connectivity index (χ0n) is 10.2. The van der Waals surface area contributed by atoms with Gasteiger partial charge in [0.25, 0.3) is 0 Å². The van der Waals surface area contributed by atoms with E-state index in [2.05, 4.69) is 30.9 Å². The lowest BCUT2D eigenvalue weighted by atomic mass is 9.83. The van der Waals surface area contributed by atoms with Crippen LogP contribution in [0.25, 0.3) is 0 Å². The first kappa shape index (κ1) is 11.0. The number of hydrogen-bond acceptors (Lipinski definition) is 3. The molecule has 86 valence electrons. The summed E-state index contributed by atoms with van der Waals surface area (Å²) in [4.78, 5) is 15.6. The number of aliphatic imine (C=N–C) groups is 1. The van der Waals surface area contributed by atoms with Crippen LogP contribution in [0, 0.1) is 5.41 Å². The minimum Gasteiger partial charge on any atom is -0.296 e. The van der Waals surface area contributed by atoms with Gasteiger partial charge in [0.2, 0.25) is 0 Å². The molecular weight excluding hydrogens is 202 g/mol. The van der Waals surface area contributed by atoms with Gasteiger partial charge in [0.15, 0.2) is 6.29 Å². The van der Waals surface area contributed by atoms with Crippen LogP contribution in [0.2, 0.25) is 0 Å². The van der Waals surface area contributed by atoms with E-state index in [-0.39, 0.29) is 5.41 Å². The molecule has 0 radical (unpaired) electrons. The van der Waals surface area contributed by atoms with Gasteiger partial charge in [-0.2, -0.15) is 5.10 Å². The van der Waals surface area contributed by atoms with Gasteiger partial charge in [0.1, 0.15) is 5.69 Å². The molecule has 0 N–H and O–H groups in total. The highest BCUT2D eigenvalue weighted by Crippen LogP contribution is 2.29. The molecule has 0 atom stereocenters. The van der Waals surface area contributed by atoms with Crippen LogP contribution < -0.4 is 0 Å². The number of nitrogens with zero attached hydrogens (tertiary/aromatic N) is 3. The van der Waals surface area contributed by atoms with Gasteiger partial charge in [-0.1, -0.05) is 20.8 Å². The Bertz CT molecular complexity index is 463. The van der Waals surface area contributed by atoms with E-state index in [1.165, 1.54) is 0 Å². The summed E-state index contributed by atoms with van der Waals surface area (Å²) in [6.07, 6.45) is 1.69. The number of aldehydes is 1. The second-order valence-electron chi connectivity index (χ2n) is 5.18. The van der Waals surface area contributed by atoms with Crippen LogP contribution >= 0.6 is 0 Å². The highest BCUT2D eigenvalue weighted by atomic mass is 16.1. The fraction of sp³-hybridized carbons (Fsp3) is 0.583. The molecule has 0 aromatic carbocycles. The second-order valence-corrected chi connectivity index (χ2v) is 5.18. The summed E-state index contributed by atoms with van der Waals surface area (Å²) in [5.41, 5.74) is 3.56. The van der Waals surface area contributed by atoms with Gasteiger partial charge in [-0.05, 0) is 0 Å². The minimum absolute atomic E-state index is 0.0457. The smallest absolute Gasteiger partial charge is 0.171 e. The van der Waals surface area contributed by atoms with Gasteiger partial charge in [-0.15, -0.1) is 0 Å². The Morgan fingerprint density at radius 1 is 1.38 bits per heavy atom. The van der Waals surface area contributed by atoms with Gasteiger partial charge >= 0.3 is 0 Å². The van der Waals surface area contributed by atoms with E-state index in [0.29, 0.717) is 5.69 Å². The Hall–Kier alpha value is -1.45. The van der Waals surface area contributed by atoms with Crippen molar-refractivity contribution in [1.82, 2.24) is 9.78 Å². The third-order valence-corrected chi connectivity index (χ3v) is 2.87. The Balaban J connectivity index is 2.65. The third-order valence-electron chi connectivity index (χ3n) is 2.87. The highest BCUT2D eigenvalue weighted by molar-refractivity contribution is 6.09. The van der Waals surface area contributed by atoms with Crippen LogP contribution in [0.15, 0.2) is 4.99 Å². The predicted molar refractivity (Wildman–Crippen MR) is 63.2 cm³/mol. The molecule has 1 aliphatic heterocycles. The van der Waals surface area contributed by atoms with Crippen LogP contribution in [0.5, 0.6) is 0 Å². The van der Waals surface area contributed by atoms with Crippen molar-refractivity contribution in [2.24, 2.45) is 17.5 Å². The van der Waals surface area contributed by atoms with E-state index in [0.717, 1.165) is 36.2 Å². The number of aryl methyl sites for hydroxylation is 1. The van der Waals surface area contributed by atoms with Crippen molar-refractivity contribution in [1.29, 1.82) is 0 Å². The lowest BCUT2D eigenvalue weighted by Gasteiger charge is -2.25. The van der Waals surface area contributed by atoms with Crippen molar-refractivity contribution >= 4 is 12.0 Å². The lowest BCUT2D eigenvalue weighted by Crippen LogP contribution is -2.27. The van der Waals surface area contributed by atoms with Gasteiger partial charge in [-0.25, -0.2) is 0 Å². The van der Waals surface area contributed by atoms with Crippen molar-refractivity contribution in [3.05, 3.63) is 17.0 Å². The van der Waals surface area contributed by atoms with Gasteiger partial charge < -0.3 is 0 Å². The SMILES string of the molecule is Cn1nc(C=O)c2c1CCN=C2C(C)(C)C. The molecule has 0 unspecified atom stereocenters. The molecule has 4 nitrogen and oxygen atoms in total.